The average molecular weight is 380 g/mol. The first-order valence-corrected chi connectivity index (χ1v) is 8.99. The van der Waals surface area contributed by atoms with Crippen LogP contribution in [0.5, 0.6) is 11.5 Å². The number of aromatic nitrogens is 1. The molecule has 0 spiro atoms. The molecule has 28 heavy (non-hydrogen) atoms. The number of ether oxygens (including phenoxy) is 2. The highest BCUT2D eigenvalue weighted by molar-refractivity contribution is 5.61. The Balaban J connectivity index is 1.54. The Morgan fingerprint density at radius 3 is 2.46 bits per heavy atom. The number of oxazole rings is 1. The molecular formula is C22H21FN2O3. The van der Waals surface area contributed by atoms with Gasteiger partial charge in [0.25, 0.3) is 0 Å². The number of hydrogen-bond acceptors (Lipinski definition) is 5. The van der Waals surface area contributed by atoms with Gasteiger partial charge in [0.15, 0.2) is 17.3 Å². The third-order valence-corrected chi connectivity index (χ3v) is 4.98. The van der Waals surface area contributed by atoms with Crippen molar-refractivity contribution in [1.29, 1.82) is 0 Å². The number of nitrogens with zero attached hydrogens (tertiary/aromatic N) is 2. The molecule has 1 aliphatic rings. The Hall–Kier alpha value is -3.28. The summed E-state index contributed by atoms with van der Waals surface area (Å²) in [7, 11) is 3.27. The quantitative estimate of drug-likeness (QED) is 0.651. The topological polar surface area (TPSA) is 47.7 Å². The number of hydrogen-bond donors (Lipinski definition) is 0. The molecule has 6 heteroatoms. The van der Waals surface area contributed by atoms with Crippen LogP contribution in [-0.2, 0) is 13.0 Å². The van der Waals surface area contributed by atoms with Crippen molar-refractivity contribution in [2.24, 2.45) is 0 Å². The fourth-order valence-corrected chi connectivity index (χ4v) is 3.40. The van der Waals surface area contributed by atoms with Crippen LogP contribution in [0, 0.1) is 5.82 Å². The fourth-order valence-electron chi connectivity index (χ4n) is 3.40. The molecule has 0 bridgehead atoms. The predicted octanol–water partition coefficient (Wildman–Crippen LogP) is 4.53. The van der Waals surface area contributed by atoms with Gasteiger partial charge in [-0.1, -0.05) is 6.58 Å². The summed E-state index contributed by atoms with van der Waals surface area (Å²) in [6.45, 7) is 5.66. The van der Waals surface area contributed by atoms with E-state index < -0.39 is 0 Å². The SMILES string of the molecule is C=C(c1ncc(-c2ccc(F)cc2)o1)N1CCc2cc(OC)c(OC)cc2C1. The minimum atomic E-state index is -0.285. The van der Waals surface area contributed by atoms with E-state index in [-0.39, 0.29) is 5.82 Å². The van der Waals surface area contributed by atoms with E-state index >= 15 is 0 Å². The molecule has 3 aromatic rings. The van der Waals surface area contributed by atoms with Crippen molar-refractivity contribution in [2.45, 2.75) is 13.0 Å². The fraction of sp³-hybridized carbons (Fsp3) is 0.227. The lowest BCUT2D eigenvalue weighted by molar-refractivity contribution is 0.341. The minimum Gasteiger partial charge on any atom is -0.493 e. The highest BCUT2D eigenvalue weighted by Gasteiger charge is 2.23. The van der Waals surface area contributed by atoms with Crippen molar-refractivity contribution in [3.05, 3.63) is 72.0 Å². The van der Waals surface area contributed by atoms with Gasteiger partial charge in [-0.3, -0.25) is 0 Å². The first-order chi connectivity index (χ1) is 13.6. The summed E-state index contributed by atoms with van der Waals surface area (Å²) in [4.78, 5) is 6.49. The van der Waals surface area contributed by atoms with Crippen LogP contribution in [0.25, 0.3) is 17.0 Å². The van der Waals surface area contributed by atoms with Crippen molar-refractivity contribution in [3.8, 4) is 22.8 Å². The highest BCUT2D eigenvalue weighted by atomic mass is 19.1. The van der Waals surface area contributed by atoms with Crippen LogP contribution in [0.2, 0.25) is 0 Å². The Kier molecular flexibility index (Phi) is 4.77. The molecule has 0 radical (unpaired) electrons. The number of rotatable bonds is 5. The van der Waals surface area contributed by atoms with Gasteiger partial charge >= 0.3 is 0 Å². The zero-order valence-corrected chi connectivity index (χ0v) is 15.9. The molecule has 0 N–H and O–H groups in total. The average Bonchev–Trinajstić information content (AvgIpc) is 3.22. The van der Waals surface area contributed by atoms with Gasteiger partial charge < -0.3 is 18.8 Å². The molecular weight excluding hydrogens is 359 g/mol. The molecule has 0 saturated heterocycles. The Morgan fingerprint density at radius 2 is 1.79 bits per heavy atom. The predicted molar refractivity (Wildman–Crippen MR) is 105 cm³/mol. The monoisotopic (exact) mass is 380 g/mol. The molecule has 0 fully saturated rings. The second kappa shape index (κ2) is 7.38. The Labute approximate surface area is 163 Å². The summed E-state index contributed by atoms with van der Waals surface area (Å²) < 4.78 is 29.8. The summed E-state index contributed by atoms with van der Waals surface area (Å²) in [5, 5.41) is 0. The van der Waals surface area contributed by atoms with Gasteiger partial charge in [-0.25, -0.2) is 9.37 Å². The lowest BCUT2D eigenvalue weighted by Crippen LogP contribution is -2.29. The molecule has 4 rings (SSSR count). The van der Waals surface area contributed by atoms with E-state index in [2.05, 4.69) is 16.5 Å². The minimum absolute atomic E-state index is 0.285. The molecule has 0 saturated carbocycles. The van der Waals surface area contributed by atoms with Gasteiger partial charge in [0.05, 0.1) is 26.1 Å². The van der Waals surface area contributed by atoms with E-state index in [0.717, 1.165) is 29.8 Å². The molecule has 0 atom stereocenters. The number of methoxy groups -OCH3 is 2. The van der Waals surface area contributed by atoms with Gasteiger partial charge in [0.2, 0.25) is 5.89 Å². The zero-order valence-electron chi connectivity index (χ0n) is 15.9. The van der Waals surface area contributed by atoms with Crippen molar-refractivity contribution in [1.82, 2.24) is 9.88 Å². The van der Waals surface area contributed by atoms with Gasteiger partial charge in [0.1, 0.15) is 5.82 Å². The van der Waals surface area contributed by atoms with E-state index in [1.165, 1.54) is 17.7 Å². The van der Waals surface area contributed by atoms with Crippen LogP contribution >= 0.6 is 0 Å². The number of halogens is 1. The van der Waals surface area contributed by atoms with E-state index in [4.69, 9.17) is 13.9 Å². The lowest BCUT2D eigenvalue weighted by Gasteiger charge is -2.31. The Morgan fingerprint density at radius 1 is 1.11 bits per heavy atom. The van der Waals surface area contributed by atoms with Crippen LogP contribution in [0.15, 0.2) is 53.6 Å². The second-order valence-electron chi connectivity index (χ2n) is 6.63. The van der Waals surface area contributed by atoms with Crippen molar-refractivity contribution in [2.75, 3.05) is 20.8 Å². The molecule has 2 heterocycles. The molecule has 1 aliphatic heterocycles. The maximum Gasteiger partial charge on any atom is 0.242 e. The molecule has 5 nitrogen and oxygen atoms in total. The van der Waals surface area contributed by atoms with E-state index in [1.54, 1.807) is 32.5 Å². The summed E-state index contributed by atoms with van der Waals surface area (Å²) in [5.41, 5.74) is 3.89. The van der Waals surface area contributed by atoms with E-state index in [9.17, 15) is 4.39 Å². The molecule has 0 aliphatic carbocycles. The molecule has 0 amide bonds. The number of benzene rings is 2. The lowest BCUT2D eigenvalue weighted by atomic mass is 9.98. The Bertz CT molecular complexity index is 1010. The van der Waals surface area contributed by atoms with Gasteiger partial charge in [-0.15, -0.1) is 0 Å². The maximum atomic E-state index is 13.1. The van der Waals surface area contributed by atoms with Gasteiger partial charge in [-0.2, -0.15) is 0 Å². The smallest absolute Gasteiger partial charge is 0.242 e. The van der Waals surface area contributed by atoms with Crippen LogP contribution in [0.3, 0.4) is 0 Å². The second-order valence-corrected chi connectivity index (χ2v) is 6.63. The standard InChI is InChI=1S/C22H21FN2O3/c1-14(22-24-12-21(28-22)15-4-6-18(23)7-5-15)25-9-8-16-10-19(26-2)20(27-3)11-17(16)13-25/h4-7,10-12H,1,8-9,13H2,2-3H3. The van der Waals surface area contributed by atoms with Crippen molar-refractivity contribution < 1.29 is 18.3 Å². The first kappa shape index (κ1) is 18.1. The van der Waals surface area contributed by atoms with Crippen LogP contribution in [-0.4, -0.2) is 30.6 Å². The summed E-state index contributed by atoms with van der Waals surface area (Å²) >= 11 is 0. The van der Waals surface area contributed by atoms with Crippen molar-refractivity contribution in [3.63, 3.8) is 0 Å². The summed E-state index contributed by atoms with van der Waals surface area (Å²) in [5.74, 6) is 2.21. The van der Waals surface area contributed by atoms with Crippen LogP contribution in [0.1, 0.15) is 17.0 Å². The van der Waals surface area contributed by atoms with Crippen molar-refractivity contribution >= 4 is 5.70 Å². The largest absolute Gasteiger partial charge is 0.493 e. The molecule has 1 aromatic heterocycles. The molecule has 2 aromatic carbocycles. The summed E-state index contributed by atoms with van der Waals surface area (Å²) in [6, 6.07) is 10.2. The van der Waals surface area contributed by atoms with Crippen LogP contribution < -0.4 is 9.47 Å². The maximum absolute atomic E-state index is 13.1. The van der Waals surface area contributed by atoms with Crippen LogP contribution in [0.4, 0.5) is 4.39 Å². The highest BCUT2D eigenvalue weighted by Crippen LogP contribution is 2.35. The molecule has 144 valence electrons. The summed E-state index contributed by atoms with van der Waals surface area (Å²) in [6.07, 6.45) is 2.50. The van der Waals surface area contributed by atoms with Gasteiger partial charge in [-0.05, 0) is 53.9 Å². The normalized spacial score (nSPS) is 13.2. The van der Waals surface area contributed by atoms with E-state index in [1.807, 2.05) is 12.1 Å². The number of fused-ring (bicyclic) bond motifs is 1. The zero-order chi connectivity index (χ0) is 19.7. The third kappa shape index (κ3) is 3.33. The first-order valence-electron chi connectivity index (χ1n) is 8.99. The van der Waals surface area contributed by atoms with E-state index in [0.29, 0.717) is 29.6 Å². The third-order valence-electron chi connectivity index (χ3n) is 4.98. The molecule has 0 unspecified atom stereocenters. The van der Waals surface area contributed by atoms with Gasteiger partial charge in [0, 0.05) is 18.7 Å².